The number of para-hydroxylation sites is 2. The number of nitrogens with zero attached hydrogens (tertiary/aromatic N) is 4. The zero-order chi connectivity index (χ0) is 18.8. The normalized spacial score (nSPS) is 11.3. The molecule has 0 saturated heterocycles. The quantitative estimate of drug-likeness (QED) is 0.276. The highest BCUT2D eigenvalue weighted by Crippen LogP contribution is 2.41. The van der Waals surface area contributed by atoms with Crippen molar-refractivity contribution in [3.8, 4) is 0 Å². The van der Waals surface area contributed by atoms with Crippen molar-refractivity contribution in [1.29, 1.82) is 0 Å². The van der Waals surface area contributed by atoms with Crippen LogP contribution >= 0.6 is 11.8 Å². The molecule has 11 heteroatoms. The van der Waals surface area contributed by atoms with E-state index in [1.807, 2.05) is 18.2 Å². The summed E-state index contributed by atoms with van der Waals surface area (Å²) in [4.78, 5) is 15.9. The van der Waals surface area contributed by atoms with Crippen LogP contribution in [-0.2, 0) is 0 Å². The molecule has 0 unspecified atom stereocenters. The number of aromatic nitrogens is 3. The highest BCUT2D eigenvalue weighted by molar-refractivity contribution is 7.99. The lowest BCUT2D eigenvalue weighted by Gasteiger charge is -2.08. The lowest BCUT2D eigenvalue weighted by atomic mass is 10.2. The highest BCUT2D eigenvalue weighted by atomic mass is 32.2. The summed E-state index contributed by atoms with van der Waals surface area (Å²) >= 11 is 1.17. The first-order valence-electron chi connectivity index (χ1n) is 7.99. The number of nitro benzene ring substituents is 1. The van der Waals surface area contributed by atoms with E-state index in [1.165, 1.54) is 11.8 Å². The van der Waals surface area contributed by atoms with Crippen molar-refractivity contribution < 1.29 is 19.1 Å². The molecule has 0 aliphatic heterocycles. The van der Waals surface area contributed by atoms with Crippen molar-refractivity contribution in [1.82, 2.24) is 15.3 Å². The molecular formula is C16H13N5O5S. The van der Waals surface area contributed by atoms with Crippen LogP contribution in [0.2, 0.25) is 0 Å². The van der Waals surface area contributed by atoms with Crippen molar-refractivity contribution in [2.75, 3.05) is 18.5 Å². The van der Waals surface area contributed by atoms with Gasteiger partial charge in [0.15, 0.2) is 11.1 Å². The molecule has 0 bridgehead atoms. The van der Waals surface area contributed by atoms with Crippen LogP contribution in [0.4, 0.5) is 11.4 Å². The predicted octanol–water partition coefficient (Wildman–Crippen LogP) is 3.22. The maximum Gasteiger partial charge on any atom is 0.323 e. The molecule has 0 atom stereocenters. The van der Waals surface area contributed by atoms with E-state index < -0.39 is 4.92 Å². The van der Waals surface area contributed by atoms with Gasteiger partial charge in [0.05, 0.1) is 9.82 Å². The standard InChI is InChI=1S/C16H13N5O5S/c22-7-3-6-17-10-8-12(13-14(20-26-19-13)15(10)21(23)24)27-16-18-9-4-1-2-5-11(9)25-16/h1-2,4-5,8,17,22H,3,6-7H2. The molecule has 0 aliphatic carbocycles. The molecule has 138 valence electrons. The third-order valence-corrected chi connectivity index (χ3v) is 4.66. The van der Waals surface area contributed by atoms with Gasteiger partial charge in [-0.25, -0.2) is 9.61 Å². The van der Waals surface area contributed by atoms with Crippen molar-refractivity contribution in [3.63, 3.8) is 0 Å². The van der Waals surface area contributed by atoms with Crippen LogP contribution in [-0.4, -0.2) is 38.5 Å². The van der Waals surface area contributed by atoms with Crippen molar-refractivity contribution in [2.45, 2.75) is 16.5 Å². The number of aliphatic hydroxyl groups is 1. The monoisotopic (exact) mass is 387 g/mol. The number of benzene rings is 2. The van der Waals surface area contributed by atoms with Gasteiger partial charge in [-0.05, 0) is 46.7 Å². The summed E-state index contributed by atoms with van der Waals surface area (Å²) in [7, 11) is 0. The summed E-state index contributed by atoms with van der Waals surface area (Å²) in [5.41, 5.74) is 1.66. The summed E-state index contributed by atoms with van der Waals surface area (Å²) in [6.07, 6.45) is 0.444. The smallest absolute Gasteiger partial charge is 0.323 e. The molecule has 2 aromatic carbocycles. The first-order valence-corrected chi connectivity index (χ1v) is 8.81. The van der Waals surface area contributed by atoms with Gasteiger partial charge in [-0.15, -0.1) is 0 Å². The van der Waals surface area contributed by atoms with Crippen LogP contribution < -0.4 is 5.32 Å². The number of hydrogen-bond acceptors (Lipinski definition) is 10. The number of nitro groups is 1. The number of oxazole rings is 1. The molecule has 27 heavy (non-hydrogen) atoms. The Labute approximate surface area is 155 Å². The third kappa shape index (κ3) is 3.29. The molecule has 2 aromatic heterocycles. The topological polar surface area (TPSA) is 140 Å². The molecule has 0 aliphatic rings. The van der Waals surface area contributed by atoms with E-state index in [9.17, 15) is 10.1 Å². The fourth-order valence-electron chi connectivity index (χ4n) is 2.59. The van der Waals surface area contributed by atoms with E-state index in [-0.39, 0.29) is 29.0 Å². The lowest BCUT2D eigenvalue weighted by Crippen LogP contribution is -2.06. The number of anilines is 1. The minimum Gasteiger partial charge on any atom is -0.431 e. The zero-order valence-electron chi connectivity index (χ0n) is 13.8. The minimum atomic E-state index is -0.540. The number of rotatable bonds is 7. The van der Waals surface area contributed by atoms with E-state index in [1.54, 1.807) is 12.1 Å². The van der Waals surface area contributed by atoms with E-state index in [2.05, 4.69) is 20.6 Å². The fourth-order valence-corrected chi connectivity index (χ4v) is 3.46. The van der Waals surface area contributed by atoms with Gasteiger partial charge < -0.3 is 14.8 Å². The zero-order valence-corrected chi connectivity index (χ0v) is 14.6. The van der Waals surface area contributed by atoms with Crippen LogP contribution in [0.5, 0.6) is 0 Å². The number of aliphatic hydroxyl groups excluding tert-OH is 1. The average molecular weight is 387 g/mol. The maximum absolute atomic E-state index is 11.5. The number of fused-ring (bicyclic) bond motifs is 2. The van der Waals surface area contributed by atoms with Crippen LogP contribution in [0, 0.1) is 10.1 Å². The molecule has 0 spiro atoms. The van der Waals surface area contributed by atoms with Crippen LogP contribution in [0.25, 0.3) is 22.1 Å². The van der Waals surface area contributed by atoms with Gasteiger partial charge >= 0.3 is 5.69 Å². The Bertz CT molecular complexity index is 1090. The largest absolute Gasteiger partial charge is 0.431 e. The molecule has 4 rings (SSSR count). The second-order valence-electron chi connectivity index (χ2n) is 5.54. The predicted molar refractivity (Wildman–Crippen MR) is 96.8 cm³/mol. The SMILES string of the molecule is O=[N+]([O-])c1c(NCCCO)cc(Sc2nc3ccccc3o2)c2nonc12. The Kier molecular flexibility index (Phi) is 4.60. The Morgan fingerprint density at radius 2 is 2.07 bits per heavy atom. The number of nitrogens with one attached hydrogen (secondary N) is 1. The van der Waals surface area contributed by atoms with Gasteiger partial charge in [-0.1, -0.05) is 12.1 Å². The van der Waals surface area contributed by atoms with E-state index in [0.29, 0.717) is 34.2 Å². The minimum absolute atomic E-state index is 0.0287. The van der Waals surface area contributed by atoms with E-state index in [0.717, 1.165) is 0 Å². The van der Waals surface area contributed by atoms with Gasteiger partial charge in [0.25, 0.3) is 5.22 Å². The summed E-state index contributed by atoms with van der Waals surface area (Å²) in [6, 6.07) is 8.91. The summed E-state index contributed by atoms with van der Waals surface area (Å²) in [6.45, 7) is 0.334. The summed E-state index contributed by atoms with van der Waals surface area (Å²) in [5, 5.41) is 31.3. The van der Waals surface area contributed by atoms with E-state index >= 15 is 0 Å². The fraction of sp³-hybridized carbons (Fsp3) is 0.188. The molecule has 4 aromatic rings. The second kappa shape index (κ2) is 7.21. The molecular weight excluding hydrogens is 374 g/mol. The molecule has 0 saturated carbocycles. The van der Waals surface area contributed by atoms with Crippen LogP contribution in [0.3, 0.4) is 0 Å². The molecule has 10 nitrogen and oxygen atoms in total. The van der Waals surface area contributed by atoms with Crippen molar-refractivity contribution >= 4 is 45.3 Å². The Morgan fingerprint density at radius 1 is 1.26 bits per heavy atom. The summed E-state index contributed by atoms with van der Waals surface area (Å²) in [5.74, 6) is 0. The summed E-state index contributed by atoms with van der Waals surface area (Å²) < 4.78 is 10.4. The van der Waals surface area contributed by atoms with Gasteiger partial charge in [0.1, 0.15) is 11.2 Å². The molecule has 2 N–H and O–H groups in total. The van der Waals surface area contributed by atoms with E-state index in [4.69, 9.17) is 14.2 Å². The van der Waals surface area contributed by atoms with Crippen LogP contribution in [0.15, 0.2) is 49.5 Å². The lowest BCUT2D eigenvalue weighted by molar-refractivity contribution is -0.382. The van der Waals surface area contributed by atoms with Gasteiger partial charge in [0.2, 0.25) is 5.52 Å². The Hall–Kier alpha value is -3.18. The highest BCUT2D eigenvalue weighted by Gasteiger charge is 2.26. The molecule has 0 fully saturated rings. The maximum atomic E-state index is 11.5. The van der Waals surface area contributed by atoms with Crippen LogP contribution in [0.1, 0.15) is 6.42 Å². The molecule has 0 amide bonds. The third-order valence-electron chi connectivity index (χ3n) is 3.78. The first kappa shape index (κ1) is 17.2. The van der Waals surface area contributed by atoms with Gasteiger partial charge in [0, 0.05) is 13.2 Å². The molecule has 2 heterocycles. The second-order valence-corrected chi connectivity index (χ2v) is 6.54. The van der Waals surface area contributed by atoms with Crippen molar-refractivity contribution in [2.24, 2.45) is 0 Å². The average Bonchev–Trinajstić information content (AvgIpc) is 3.28. The van der Waals surface area contributed by atoms with Crippen molar-refractivity contribution in [3.05, 3.63) is 40.4 Å². The molecule has 0 radical (unpaired) electrons. The van der Waals surface area contributed by atoms with Gasteiger partial charge in [-0.3, -0.25) is 10.1 Å². The van der Waals surface area contributed by atoms with Gasteiger partial charge in [-0.2, -0.15) is 0 Å². The Balaban J connectivity index is 1.78. The first-order chi connectivity index (χ1) is 13.2. The number of hydrogen-bond donors (Lipinski definition) is 2. The Morgan fingerprint density at radius 3 is 2.85 bits per heavy atom.